The van der Waals surface area contributed by atoms with Crippen molar-refractivity contribution >= 4 is 28.2 Å². The molecule has 1 aromatic heterocycles. The Morgan fingerprint density at radius 3 is 2.60 bits per heavy atom. The van der Waals surface area contributed by atoms with Gasteiger partial charge in [0.1, 0.15) is 10.7 Å². The minimum Gasteiger partial charge on any atom is -0.382 e. The molecule has 1 aliphatic rings. The summed E-state index contributed by atoms with van der Waals surface area (Å²) in [4.78, 5) is 21.4. The van der Waals surface area contributed by atoms with Gasteiger partial charge in [0.25, 0.3) is 5.91 Å². The zero-order valence-electron chi connectivity index (χ0n) is 12.7. The second-order valence-corrected chi connectivity index (χ2v) is 6.77. The van der Waals surface area contributed by atoms with Gasteiger partial charge in [0.05, 0.1) is 0 Å². The van der Waals surface area contributed by atoms with Crippen molar-refractivity contribution in [2.45, 2.75) is 27.2 Å². The molecule has 0 aliphatic carbocycles. The number of likely N-dealkylation sites (tertiary alicyclic amines) is 1. The summed E-state index contributed by atoms with van der Waals surface area (Å²) < 4.78 is 0. The third-order valence-electron chi connectivity index (χ3n) is 4.00. The number of carbonyl (C=O) groups excluding carboxylic acids is 1. The van der Waals surface area contributed by atoms with Crippen LogP contribution in [-0.4, -0.2) is 42.5 Å². The molecular formula is C14H24N4OS. The van der Waals surface area contributed by atoms with Crippen LogP contribution >= 0.6 is 11.3 Å². The number of carbonyl (C=O) groups is 1. The van der Waals surface area contributed by atoms with E-state index in [1.807, 2.05) is 16.8 Å². The number of anilines is 2. The van der Waals surface area contributed by atoms with Crippen molar-refractivity contribution in [3.63, 3.8) is 0 Å². The first-order valence-corrected chi connectivity index (χ1v) is 8.02. The minimum atomic E-state index is 0.0346. The number of nitrogen functional groups attached to an aromatic ring is 1. The van der Waals surface area contributed by atoms with E-state index >= 15 is 0 Å². The smallest absolute Gasteiger partial charge is 0.267 e. The molecule has 0 saturated carbocycles. The van der Waals surface area contributed by atoms with E-state index in [0.717, 1.165) is 31.2 Å². The van der Waals surface area contributed by atoms with E-state index in [4.69, 9.17) is 5.73 Å². The topological polar surface area (TPSA) is 62.5 Å². The zero-order chi connectivity index (χ0) is 14.9. The van der Waals surface area contributed by atoms with Gasteiger partial charge in [-0.05, 0) is 18.3 Å². The summed E-state index contributed by atoms with van der Waals surface area (Å²) in [5.41, 5.74) is 5.94. The maximum absolute atomic E-state index is 12.6. The quantitative estimate of drug-likeness (QED) is 0.926. The average molecular weight is 296 g/mol. The van der Waals surface area contributed by atoms with E-state index in [9.17, 15) is 4.79 Å². The number of amides is 1. The third-order valence-corrected chi connectivity index (χ3v) is 5.17. The van der Waals surface area contributed by atoms with Gasteiger partial charge in [0.2, 0.25) is 0 Å². The summed E-state index contributed by atoms with van der Waals surface area (Å²) in [5, 5.41) is 0.827. The molecule has 0 bridgehead atoms. The Hall–Kier alpha value is -1.30. The first kappa shape index (κ1) is 15.1. The van der Waals surface area contributed by atoms with Gasteiger partial charge in [-0.2, -0.15) is 0 Å². The van der Waals surface area contributed by atoms with Crippen LogP contribution in [0.5, 0.6) is 0 Å². The molecule has 2 atom stereocenters. The molecule has 6 heteroatoms. The lowest BCUT2D eigenvalue weighted by molar-refractivity contribution is 0.0790. The van der Waals surface area contributed by atoms with Gasteiger partial charge >= 0.3 is 0 Å². The van der Waals surface area contributed by atoms with Crippen LogP contribution in [0.2, 0.25) is 0 Å². The second kappa shape index (κ2) is 5.99. The van der Waals surface area contributed by atoms with Crippen LogP contribution in [0, 0.1) is 11.8 Å². The third kappa shape index (κ3) is 2.90. The van der Waals surface area contributed by atoms with Crippen LogP contribution in [0.4, 0.5) is 10.9 Å². The number of thiazole rings is 1. The van der Waals surface area contributed by atoms with Gasteiger partial charge in [-0.15, -0.1) is 0 Å². The standard InChI is InChI=1S/C14H24N4OS/c1-5-6-17(4)14-16-12(15)11(20-14)13(19)18-7-9(2)10(3)8-18/h9-10H,5-8,15H2,1-4H3. The molecule has 2 heterocycles. The van der Waals surface area contributed by atoms with Crippen LogP contribution in [0.15, 0.2) is 0 Å². The number of rotatable bonds is 4. The van der Waals surface area contributed by atoms with Crippen LogP contribution in [-0.2, 0) is 0 Å². The van der Waals surface area contributed by atoms with Gasteiger partial charge in [-0.1, -0.05) is 32.1 Å². The molecular weight excluding hydrogens is 272 g/mol. The Bertz CT molecular complexity index is 478. The molecule has 112 valence electrons. The summed E-state index contributed by atoms with van der Waals surface area (Å²) in [7, 11) is 1.98. The highest BCUT2D eigenvalue weighted by molar-refractivity contribution is 7.18. The SMILES string of the molecule is CCCN(C)c1nc(N)c(C(=O)N2CC(C)C(C)C2)s1. The highest BCUT2D eigenvalue weighted by Crippen LogP contribution is 2.31. The molecule has 1 amide bonds. The van der Waals surface area contributed by atoms with Gasteiger partial charge in [0, 0.05) is 26.7 Å². The first-order valence-electron chi connectivity index (χ1n) is 7.20. The Balaban J connectivity index is 2.14. The maximum Gasteiger partial charge on any atom is 0.267 e. The Morgan fingerprint density at radius 1 is 1.45 bits per heavy atom. The van der Waals surface area contributed by atoms with E-state index in [1.165, 1.54) is 11.3 Å². The van der Waals surface area contributed by atoms with Crippen LogP contribution < -0.4 is 10.6 Å². The lowest BCUT2D eigenvalue weighted by Crippen LogP contribution is -2.28. The zero-order valence-corrected chi connectivity index (χ0v) is 13.5. The maximum atomic E-state index is 12.6. The van der Waals surface area contributed by atoms with E-state index in [1.54, 1.807) is 0 Å². The Morgan fingerprint density at radius 2 is 2.05 bits per heavy atom. The van der Waals surface area contributed by atoms with Crippen molar-refractivity contribution in [1.29, 1.82) is 0 Å². The highest BCUT2D eigenvalue weighted by atomic mass is 32.1. The summed E-state index contributed by atoms with van der Waals surface area (Å²) in [5.74, 6) is 1.50. The lowest BCUT2D eigenvalue weighted by atomic mass is 10.0. The van der Waals surface area contributed by atoms with Crippen molar-refractivity contribution in [2.24, 2.45) is 11.8 Å². The van der Waals surface area contributed by atoms with Gasteiger partial charge in [-0.25, -0.2) is 4.98 Å². The minimum absolute atomic E-state index is 0.0346. The number of hydrogen-bond acceptors (Lipinski definition) is 5. The Labute approximate surface area is 124 Å². The van der Waals surface area contributed by atoms with Gasteiger partial charge in [-0.3, -0.25) is 4.79 Å². The molecule has 20 heavy (non-hydrogen) atoms. The molecule has 5 nitrogen and oxygen atoms in total. The number of nitrogens with zero attached hydrogens (tertiary/aromatic N) is 3. The Kier molecular flexibility index (Phi) is 4.52. The normalized spacial score (nSPS) is 22.3. The van der Waals surface area contributed by atoms with Crippen LogP contribution in [0.1, 0.15) is 36.9 Å². The predicted octanol–water partition coefficient (Wildman–Crippen LogP) is 2.30. The monoisotopic (exact) mass is 296 g/mol. The molecule has 1 aromatic rings. The summed E-state index contributed by atoms with van der Waals surface area (Å²) >= 11 is 1.40. The second-order valence-electron chi connectivity index (χ2n) is 5.80. The summed E-state index contributed by atoms with van der Waals surface area (Å²) in [6, 6.07) is 0. The molecule has 2 rings (SSSR count). The summed E-state index contributed by atoms with van der Waals surface area (Å²) in [6.45, 7) is 9.04. The molecule has 0 aromatic carbocycles. The largest absolute Gasteiger partial charge is 0.382 e. The van der Waals surface area contributed by atoms with Crippen molar-refractivity contribution in [3.05, 3.63) is 4.88 Å². The van der Waals surface area contributed by atoms with Crippen molar-refractivity contribution in [1.82, 2.24) is 9.88 Å². The highest BCUT2D eigenvalue weighted by Gasteiger charge is 2.32. The van der Waals surface area contributed by atoms with Crippen molar-refractivity contribution in [3.8, 4) is 0 Å². The van der Waals surface area contributed by atoms with E-state index in [-0.39, 0.29) is 5.91 Å². The predicted molar refractivity (Wildman–Crippen MR) is 84.3 cm³/mol. The summed E-state index contributed by atoms with van der Waals surface area (Å²) in [6.07, 6.45) is 1.04. The lowest BCUT2D eigenvalue weighted by Gasteiger charge is -2.15. The number of aromatic nitrogens is 1. The van der Waals surface area contributed by atoms with Crippen molar-refractivity contribution < 1.29 is 4.79 Å². The van der Waals surface area contributed by atoms with E-state index in [2.05, 4.69) is 25.8 Å². The van der Waals surface area contributed by atoms with E-state index < -0.39 is 0 Å². The van der Waals surface area contributed by atoms with Gasteiger partial charge in [0.15, 0.2) is 5.13 Å². The molecule has 2 unspecified atom stereocenters. The van der Waals surface area contributed by atoms with Crippen LogP contribution in [0.25, 0.3) is 0 Å². The fraction of sp³-hybridized carbons (Fsp3) is 0.714. The molecule has 1 aliphatic heterocycles. The molecule has 1 fully saturated rings. The number of nitrogens with two attached hydrogens (primary N) is 1. The molecule has 2 N–H and O–H groups in total. The molecule has 0 spiro atoms. The number of hydrogen-bond donors (Lipinski definition) is 1. The fourth-order valence-corrected chi connectivity index (χ4v) is 3.45. The molecule has 0 radical (unpaired) electrons. The molecule has 1 saturated heterocycles. The van der Waals surface area contributed by atoms with Crippen molar-refractivity contribution in [2.75, 3.05) is 37.3 Å². The average Bonchev–Trinajstić information content (AvgIpc) is 2.93. The van der Waals surface area contributed by atoms with E-state index in [0.29, 0.717) is 22.5 Å². The van der Waals surface area contributed by atoms with Crippen LogP contribution in [0.3, 0.4) is 0 Å². The fourth-order valence-electron chi connectivity index (χ4n) is 2.51. The first-order chi connectivity index (χ1) is 9.43. The van der Waals surface area contributed by atoms with Gasteiger partial charge < -0.3 is 15.5 Å².